The van der Waals surface area contributed by atoms with Crippen LogP contribution in [0.1, 0.15) is 59.3 Å². The van der Waals surface area contributed by atoms with Gasteiger partial charge in [0.25, 0.3) is 0 Å². The molecule has 25 heavy (non-hydrogen) atoms. The molecule has 0 aliphatic carbocycles. The monoisotopic (exact) mass is 360 g/mol. The molecule has 0 aromatic carbocycles. The molecule has 1 N–H and O–H groups in total. The maximum absolute atomic E-state index is 11.9. The molecular weight excluding hydrogens is 332 g/mol. The van der Waals surface area contributed by atoms with Gasteiger partial charge in [-0.15, -0.1) is 0 Å². The molecular formula is C17H28O8. The zero-order chi connectivity index (χ0) is 18.8. The van der Waals surface area contributed by atoms with E-state index in [-0.39, 0.29) is 25.9 Å². The number of rotatable bonds is 9. The highest BCUT2D eigenvalue weighted by atomic mass is 16.7. The fourth-order valence-corrected chi connectivity index (χ4v) is 2.39. The van der Waals surface area contributed by atoms with Crippen molar-refractivity contribution in [3.05, 3.63) is 0 Å². The Morgan fingerprint density at radius 2 is 1.28 bits per heavy atom. The Hall–Kier alpha value is -1.67. The molecule has 0 aromatic heterocycles. The summed E-state index contributed by atoms with van der Waals surface area (Å²) < 4.78 is 21.0. The van der Waals surface area contributed by atoms with Crippen LogP contribution in [0, 0.1) is 0 Å². The molecule has 144 valence electrons. The highest BCUT2D eigenvalue weighted by Crippen LogP contribution is 2.24. The number of aliphatic hydroxyl groups is 1. The number of esters is 3. The molecule has 0 amide bonds. The van der Waals surface area contributed by atoms with E-state index in [4.69, 9.17) is 18.9 Å². The molecule has 0 unspecified atom stereocenters. The van der Waals surface area contributed by atoms with Crippen molar-refractivity contribution < 1.29 is 38.4 Å². The van der Waals surface area contributed by atoms with Gasteiger partial charge in [0.15, 0.2) is 24.6 Å². The van der Waals surface area contributed by atoms with Gasteiger partial charge in [-0.1, -0.05) is 20.8 Å². The summed E-state index contributed by atoms with van der Waals surface area (Å²) >= 11 is 0. The maximum Gasteiger partial charge on any atom is 0.306 e. The molecule has 1 rings (SSSR count). The van der Waals surface area contributed by atoms with Gasteiger partial charge in [-0.2, -0.15) is 0 Å². The van der Waals surface area contributed by atoms with Gasteiger partial charge in [-0.05, 0) is 19.3 Å². The van der Waals surface area contributed by atoms with Crippen LogP contribution in [-0.4, -0.2) is 54.2 Å². The van der Waals surface area contributed by atoms with Crippen LogP contribution in [0.15, 0.2) is 0 Å². The number of aliphatic hydroxyl groups excluding tert-OH is 1. The van der Waals surface area contributed by atoms with Crippen LogP contribution in [0.5, 0.6) is 0 Å². The lowest BCUT2D eigenvalue weighted by molar-refractivity contribution is -0.268. The SMILES string of the molecule is CCCC(=O)O[C@@H]1[C@H](OC(=O)CCC)[C@H](OC(=O)CCC)CO[C@@H]1O. The maximum atomic E-state index is 11.9. The first-order valence-corrected chi connectivity index (χ1v) is 8.80. The molecule has 1 fully saturated rings. The summed E-state index contributed by atoms with van der Waals surface area (Å²) in [6.45, 7) is 5.31. The largest absolute Gasteiger partial charge is 0.456 e. The van der Waals surface area contributed by atoms with Crippen LogP contribution in [0.2, 0.25) is 0 Å². The molecule has 8 nitrogen and oxygen atoms in total. The van der Waals surface area contributed by atoms with Gasteiger partial charge in [0.2, 0.25) is 0 Å². The van der Waals surface area contributed by atoms with Crippen molar-refractivity contribution >= 4 is 17.9 Å². The predicted molar refractivity (Wildman–Crippen MR) is 86.3 cm³/mol. The second-order valence-electron chi connectivity index (χ2n) is 5.91. The molecule has 1 aliphatic rings. The van der Waals surface area contributed by atoms with Crippen molar-refractivity contribution in [1.82, 2.24) is 0 Å². The van der Waals surface area contributed by atoms with E-state index < -0.39 is 42.5 Å². The first kappa shape index (κ1) is 21.4. The van der Waals surface area contributed by atoms with E-state index in [1.165, 1.54) is 0 Å². The van der Waals surface area contributed by atoms with Crippen molar-refractivity contribution in [2.24, 2.45) is 0 Å². The highest BCUT2D eigenvalue weighted by Gasteiger charge is 2.46. The molecule has 1 saturated heterocycles. The quantitative estimate of drug-likeness (QED) is 0.486. The summed E-state index contributed by atoms with van der Waals surface area (Å²) in [7, 11) is 0. The summed E-state index contributed by atoms with van der Waals surface area (Å²) in [6.07, 6.45) is -2.48. The van der Waals surface area contributed by atoms with Gasteiger partial charge in [0.05, 0.1) is 6.61 Å². The van der Waals surface area contributed by atoms with Gasteiger partial charge in [0, 0.05) is 19.3 Å². The second kappa shape index (κ2) is 11.0. The van der Waals surface area contributed by atoms with E-state index in [0.29, 0.717) is 19.3 Å². The molecule has 1 heterocycles. The number of ether oxygens (including phenoxy) is 4. The Kier molecular flexibility index (Phi) is 9.44. The average molecular weight is 360 g/mol. The van der Waals surface area contributed by atoms with Crippen LogP contribution < -0.4 is 0 Å². The zero-order valence-electron chi connectivity index (χ0n) is 15.1. The third-order valence-corrected chi connectivity index (χ3v) is 3.58. The van der Waals surface area contributed by atoms with E-state index in [2.05, 4.69) is 0 Å². The molecule has 0 spiro atoms. The van der Waals surface area contributed by atoms with E-state index in [9.17, 15) is 19.5 Å². The summed E-state index contributed by atoms with van der Waals surface area (Å²) in [5, 5.41) is 10.0. The standard InChI is InChI=1S/C17H28O8/c1-4-7-12(18)23-11-10-22-17(21)16(25-14(20)9-6-3)15(11)24-13(19)8-5-2/h11,15-17,21H,4-10H2,1-3H3/t11-,15-,16-,17+/m1/s1. The number of carbonyl (C=O) groups excluding carboxylic acids is 3. The molecule has 0 aromatic rings. The van der Waals surface area contributed by atoms with Crippen LogP contribution in [0.25, 0.3) is 0 Å². The Bertz CT molecular complexity index is 450. The minimum atomic E-state index is -1.46. The lowest BCUT2D eigenvalue weighted by Gasteiger charge is -2.38. The van der Waals surface area contributed by atoms with E-state index in [1.807, 2.05) is 20.8 Å². The minimum absolute atomic E-state index is 0.150. The van der Waals surface area contributed by atoms with Crippen molar-refractivity contribution in [2.45, 2.75) is 83.9 Å². The minimum Gasteiger partial charge on any atom is -0.456 e. The number of hydrogen-bond acceptors (Lipinski definition) is 8. The Balaban J connectivity index is 2.91. The van der Waals surface area contributed by atoms with Gasteiger partial charge in [-0.25, -0.2) is 0 Å². The summed E-state index contributed by atoms with van der Waals surface area (Å²) in [4.78, 5) is 35.5. The molecule has 8 heteroatoms. The van der Waals surface area contributed by atoms with Crippen molar-refractivity contribution in [3.63, 3.8) is 0 Å². The van der Waals surface area contributed by atoms with Crippen LogP contribution >= 0.6 is 0 Å². The van der Waals surface area contributed by atoms with Gasteiger partial charge in [0.1, 0.15) is 0 Å². The normalized spacial score (nSPS) is 25.9. The zero-order valence-corrected chi connectivity index (χ0v) is 15.1. The third kappa shape index (κ3) is 6.99. The second-order valence-corrected chi connectivity index (χ2v) is 5.91. The molecule has 4 atom stereocenters. The molecule has 0 radical (unpaired) electrons. The summed E-state index contributed by atoms with van der Waals surface area (Å²) in [5.41, 5.74) is 0. The fourth-order valence-electron chi connectivity index (χ4n) is 2.39. The first-order valence-electron chi connectivity index (χ1n) is 8.80. The van der Waals surface area contributed by atoms with Crippen LogP contribution in [0.3, 0.4) is 0 Å². The molecule has 0 saturated carbocycles. The Morgan fingerprint density at radius 1 is 0.840 bits per heavy atom. The summed E-state index contributed by atoms with van der Waals surface area (Å²) in [5.74, 6) is -1.54. The third-order valence-electron chi connectivity index (χ3n) is 3.58. The Morgan fingerprint density at radius 3 is 1.76 bits per heavy atom. The number of carbonyl (C=O) groups is 3. The van der Waals surface area contributed by atoms with Crippen molar-refractivity contribution in [3.8, 4) is 0 Å². The molecule has 1 aliphatic heterocycles. The predicted octanol–water partition coefficient (Wildman–Crippen LogP) is 1.47. The summed E-state index contributed by atoms with van der Waals surface area (Å²) in [6, 6.07) is 0. The highest BCUT2D eigenvalue weighted by molar-refractivity contribution is 5.71. The van der Waals surface area contributed by atoms with E-state index >= 15 is 0 Å². The van der Waals surface area contributed by atoms with Crippen LogP contribution in [-0.2, 0) is 33.3 Å². The number of hydrogen-bond donors (Lipinski definition) is 1. The van der Waals surface area contributed by atoms with Crippen LogP contribution in [0.4, 0.5) is 0 Å². The fraction of sp³-hybridized carbons (Fsp3) is 0.824. The van der Waals surface area contributed by atoms with Gasteiger partial charge < -0.3 is 24.1 Å². The lowest BCUT2D eigenvalue weighted by Crippen LogP contribution is -2.57. The van der Waals surface area contributed by atoms with E-state index in [1.54, 1.807) is 0 Å². The Labute approximate surface area is 147 Å². The van der Waals surface area contributed by atoms with Gasteiger partial charge in [-0.3, -0.25) is 14.4 Å². The van der Waals surface area contributed by atoms with Crippen molar-refractivity contribution in [1.29, 1.82) is 0 Å². The topological polar surface area (TPSA) is 108 Å². The first-order chi connectivity index (χ1) is 11.9. The lowest BCUT2D eigenvalue weighted by atomic mass is 10.0. The smallest absolute Gasteiger partial charge is 0.306 e. The van der Waals surface area contributed by atoms with Gasteiger partial charge >= 0.3 is 17.9 Å². The molecule has 0 bridgehead atoms. The van der Waals surface area contributed by atoms with Crippen molar-refractivity contribution in [2.75, 3.05) is 6.61 Å². The average Bonchev–Trinajstić information content (AvgIpc) is 2.54. The van der Waals surface area contributed by atoms with E-state index in [0.717, 1.165) is 0 Å².